The van der Waals surface area contributed by atoms with Crippen molar-refractivity contribution in [2.75, 3.05) is 0 Å². The van der Waals surface area contributed by atoms with Gasteiger partial charge in [-0.3, -0.25) is 14.3 Å². The maximum Gasteiger partial charge on any atom is 0.329 e. The van der Waals surface area contributed by atoms with Gasteiger partial charge in [0.1, 0.15) is 6.10 Å². The molecule has 1 saturated carbocycles. The number of aromatic amines is 1. The fraction of sp³-hybridized carbons (Fsp3) is 0.538. The van der Waals surface area contributed by atoms with Crippen molar-refractivity contribution < 1.29 is 19.7 Å². The largest absolute Gasteiger partial charge is 0.393 e. The van der Waals surface area contributed by atoms with Crippen LogP contribution in [0, 0.1) is 11.7 Å². The number of hydrogen-bond acceptors (Lipinski definition) is 5. The van der Waals surface area contributed by atoms with E-state index in [9.17, 15) is 29.3 Å². The van der Waals surface area contributed by atoms with Crippen LogP contribution in [0.4, 0.5) is 4.39 Å². The molecular formula is C13H15FN2O5. The molecule has 0 amide bonds. The molecule has 0 spiro atoms. The summed E-state index contributed by atoms with van der Waals surface area (Å²) in [6.07, 6.45) is -0.103. The lowest BCUT2D eigenvalue weighted by atomic mass is 9.86. The monoisotopic (exact) mass is 298 g/mol. The van der Waals surface area contributed by atoms with Crippen molar-refractivity contribution >= 4 is 0 Å². The smallest absolute Gasteiger partial charge is 0.329 e. The molecule has 1 aromatic heterocycles. The average Bonchev–Trinajstić information content (AvgIpc) is 2.67. The van der Waals surface area contributed by atoms with E-state index in [0.29, 0.717) is 12.0 Å². The zero-order valence-electron chi connectivity index (χ0n) is 10.9. The van der Waals surface area contributed by atoms with Crippen LogP contribution in [0.5, 0.6) is 0 Å². The number of aromatic nitrogens is 2. The second-order valence-electron chi connectivity index (χ2n) is 5.51. The number of hydrogen-bond donors (Lipinski definition) is 4. The van der Waals surface area contributed by atoms with Gasteiger partial charge in [-0.25, -0.2) is 4.79 Å². The van der Waals surface area contributed by atoms with Crippen LogP contribution in [0.2, 0.25) is 0 Å². The molecule has 1 fully saturated rings. The first kappa shape index (κ1) is 14.2. The predicted molar refractivity (Wildman–Crippen MR) is 69.1 cm³/mol. The maximum atomic E-state index is 13.4. The molecule has 0 saturated heterocycles. The van der Waals surface area contributed by atoms with E-state index < -0.39 is 47.3 Å². The highest BCUT2D eigenvalue weighted by Crippen LogP contribution is 2.44. The summed E-state index contributed by atoms with van der Waals surface area (Å²) in [4.78, 5) is 24.7. The van der Waals surface area contributed by atoms with Crippen LogP contribution in [0.1, 0.15) is 18.9 Å². The van der Waals surface area contributed by atoms with Crippen LogP contribution in [0.3, 0.4) is 0 Å². The Labute approximate surface area is 118 Å². The molecule has 0 unspecified atom stereocenters. The first-order chi connectivity index (χ1) is 9.90. The van der Waals surface area contributed by atoms with Gasteiger partial charge < -0.3 is 15.3 Å². The number of aliphatic hydroxyl groups is 3. The number of fused-ring (bicyclic) bond motifs is 1. The predicted octanol–water partition coefficient (Wildman–Crippen LogP) is -1.35. The first-order valence-corrected chi connectivity index (χ1v) is 6.65. The Balaban J connectivity index is 2.12. The van der Waals surface area contributed by atoms with Gasteiger partial charge in [0.05, 0.1) is 24.4 Å². The maximum absolute atomic E-state index is 13.4. The summed E-state index contributed by atoms with van der Waals surface area (Å²) >= 11 is 0. The van der Waals surface area contributed by atoms with E-state index >= 15 is 0 Å². The third-order valence-corrected chi connectivity index (χ3v) is 4.23. The Morgan fingerprint density at radius 1 is 1.24 bits per heavy atom. The summed E-state index contributed by atoms with van der Waals surface area (Å²) in [6.45, 7) is 0. The fourth-order valence-electron chi connectivity index (χ4n) is 3.24. The van der Waals surface area contributed by atoms with Gasteiger partial charge in [-0.15, -0.1) is 0 Å². The topological polar surface area (TPSA) is 116 Å². The van der Waals surface area contributed by atoms with E-state index in [-0.39, 0.29) is 6.42 Å². The second kappa shape index (κ2) is 4.90. The van der Waals surface area contributed by atoms with Gasteiger partial charge in [0.15, 0.2) is 0 Å². The Hall–Kier alpha value is -1.77. The molecule has 0 aliphatic heterocycles. The van der Waals surface area contributed by atoms with E-state index in [1.165, 1.54) is 0 Å². The molecule has 0 radical (unpaired) electrons. The molecule has 7 nitrogen and oxygen atoms in total. The van der Waals surface area contributed by atoms with Crippen LogP contribution < -0.4 is 11.2 Å². The minimum absolute atomic E-state index is 0.265. The molecule has 2 aliphatic carbocycles. The third kappa shape index (κ3) is 2.15. The highest BCUT2D eigenvalue weighted by Gasteiger charge is 2.48. The van der Waals surface area contributed by atoms with Gasteiger partial charge in [0.2, 0.25) is 5.82 Å². The molecule has 0 bridgehead atoms. The van der Waals surface area contributed by atoms with E-state index in [1.54, 1.807) is 6.08 Å². The Morgan fingerprint density at radius 3 is 2.67 bits per heavy atom. The van der Waals surface area contributed by atoms with Gasteiger partial charge in [-0.05, 0) is 18.4 Å². The lowest BCUT2D eigenvalue weighted by molar-refractivity contribution is -0.00404. The highest BCUT2D eigenvalue weighted by atomic mass is 19.1. The highest BCUT2D eigenvalue weighted by molar-refractivity contribution is 5.27. The number of nitrogens with one attached hydrogen (secondary N) is 1. The van der Waals surface area contributed by atoms with Crippen LogP contribution >= 0.6 is 0 Å². The van der Waals surface area contributed by atoms with Crippen LogP contribution in [-0.2, 0) is 0 Å². The Bertz CT molecular complexity index is 709. The average molecular weight is 298 g/mol. The zero-order valence-corrected chi connectivity index (χ0v) is 10.9. The number of rotatable bonds is 1. The summed E-state index contributed by atoms with van der Waals surface area (Å²) in [7, 11) is 0. The van der Waals surface area contributed by atoms with Crippen molar-refractivity contribution in [3.63, 3.8) is 0 Å². The lowest BCUT2D eigenvalue weighted by Gasteiger charge is -2.25. The molecular weight excluding hydrogens is 283 g/mol. The summed E-state index contributed by atoms with van der Waals surface area (Å²) in [6, 6.07) is -0.948. The van der Waals surface area contributed by atoms with Gasteiger partial charge in [-0.2, -0.15) is 4.39 Å². The quantitative estimate of drug-likeness (QED) is 0.478. The summed E-state index contributed by atoms with van der Waals surface area (Å²) in [5.41, 5.74) is -1.41. The summed E-state index contributed by atoms with van der Waals surface area (Å²) in [5, 5.41) is 29.9. The SMILES string of the molecule is O=c1[nH]c(=O)n([C@@H]2C3=CC[C@H](O)C[C@@H]3[C@@H](O)[C@H]2O)cc1F. The van der Waals surface area contributed by atoms with Crippen LogP contribution in [0.15, 0.2) is 27.4 Å². The summed E-state index contributed by atoms with van der Waals surface area (Å²) in [5.74, 6) is -1.63. The molecule has 8 heteroatoms. The second-order valence-corrected chi connectivity index (χ2v) is 5.51. The lowest BCUT2D eigenvalue weighted by Crippen LogP contribution is -2.38. The molecule has 4 N–H and O–H groups in total. The molecule has 1 aromatic rings. The molecule has 21 heavy (non-hydrogen) atoms. The number of H-pyrrole nitrogens is 1. The van der Waals surface area contributed by atoms with Gasteiger partial charge in [0.25, 0.3) is 5.56 Å². The van der Waals surface area contributed by atoms with E-state index in [2.05, 4.69) is 0 Å². The number of halogens is 1. The summed E-state index contributed by atoms with van der Waals surface area (Å²) < 4.78 is 14.3. The zero-order chi connectivity index (χ0) is 15.3. The molecule has 114 valence electrons. The van der Waals surface area contributed by atoms with E-state index in [4.69, 9.17) is 0 Å². The van der Waals surface area contributed by atoms with Crippen molar-refractivity contribution in [2.24, 2.45) is 5.92 Å². The van der Waals surface area contributed by atoms with E-state index in [0.717, 1.165) is 10.8 Å². The number of aliphatic hydroxyl groups excluding tert-OH is 3. The van der Waals surface area contributed by atoms with Crippen molar-refractivity contribution in [3.8, 4) is 0 Å². The van der Waals surface area contributed by atoms with Crippen molar-refractivity contribution in [1.82, 2.24) is 9.55 Å². The molecule has 0 aromatic carbocycles. The van der Waals surface area contributed by atoms with Crippen molar-refractivity contribution in [3.05, 3.63) is 44.5 Å². The van der Waals surface area contributed by atoms with Crippen LogP contribution in [0.25, 0.3) is 0 Å². The standard InChI is InChI=1S/C13H15FN2O5/c14-8-4-16(13(21)15-12(8)20)9-6-2-1-5(17)3-7(6)10(18)11(9)19/h2,4-5,7,9-11,17-19H,1,3H2,(H,15,20,21)/t5-,7-,9+,10+,11-/m0/s1. The fourth-order valence-corrected chi connectivity index (χ4v) is 3.24. The van der Waals surface area contributed by atoms with Crippen molar-refractivity contribution in [2.45, 2.75) is 37.2 Å². The normalized spacial score (nSPS) is 35.4. The molecule has 5 atom stereocenters. The number of nitrogens with zero attached hydrogens (tertiary/aromatic N) is 1. The van der Waals surface area contributed by atoms with Gasteiger partial charge in [0, 0.05) is 5.92 Å². The molecule has 2 aliphatic rings. The van der Waals surface area contributed by atoms with Crippen molar-refractivity contribution in [1.29, 1.82) is 0 Å². The Morgan fingerprint density at radius 2 is 1.95 bits per heavy atom. The van der Waals surface area contributed by atoms with Gasteiger partial charge in [-0.1, -0.05) is 6.08 Å². The molecule has 1 heterocycles. The minimum atomic E-state index is -1.31. The van der Waals surface area contributed by atoms with Crippen LogP contribution in [-0.4, -0.2) is 43.2 Å². The third-order valence-electron chi connectivity index (χ3n) is 4.23. The Kier molecular flexibility index (Phi) is 3.31. The minimum Gasteiger partial charge on any atom is -0.393 e. The molecule has 3 rings (SSSR count). The van der Waals surface area contributed by atoms with E-state index in [1.807, 2.05) is 4.98 Å². The van der Waals surface area contributed by atoms with Gasteiger partial charge >= 0.3 is 5.69 Å². The first-order valence-electron chi connectivity index (χ1n) is 6.65.